The van der Waals surface area contributed by atoms with Gasteiger partial charge in [-0.15, -0.1) is 0 Å². The summed E-state index contributed by atoms with van der Waals surface area (Å²) in [4.78, 5) is 12.8. The summed E-state index contributed by atoms with van der Waals surface area (Å²) in [6.45, 7) is 21.5. The van der Waals surface area contributed by atoms with Gasteiger partial charge in [-0.1, -0.05) is 183 Å². The summed E-state index contributed by atoms with van der Waals surface area (Å²) >= 11 is 0. The van der Waals surface area contributed by atoms with Gasteiger partial charge in [0.25, 0.3) is 16.6 Å². The molecule has 5 aromatic carbocycles. The molecule has 1 N–H and O–H groups in total. The highest BCUT2D eigenvalue weighted by Crippen LogP contribution is 2.43. The average Bonchev–Trinajstić information content (AvgIpc) is 3.20. The summed E-state index contributed by atoms with van der Waals surface area (Å²) in [7, 11) is -6.86. The van der Waals surface area contributed by atoms with Crippen molar-refractivity contribution < 1.29 is 33.0 Å². The van der Waals surface area contributed by atoms with E-state index in [1.54, 1.807) is 13.2 Å². The fourth-order valence-corrected chi connectivity index (χ4v) is 19.5. The number of rotatable bonds is 13. The lowest BCUT2D eigenvalue weighted by molar-refractivity contribution is -0.131. The number of carbonyl (C=O) groups excluding carboxylic acids is 1. The van der Waals surface area contributed by atoms with Crippen molar-refractivity contribution in [3.8, 4) is 11.5 Å². The van der Waals surface area contributed by atoms with Crippen LogP contribution in [0.3, 0.4) is 0 Å². The topological polar surface area (TPSA) is 83.5 Å². The molecule has 1 aliphatic heterocycles. The van der Waals surface area contributed by atoms with Crippen LogP contribution in [-0.4, -0.2) is 67.8 Å². The molecule has 0 saturated carbocycles. The number of hydrogen-bond acceptors (Lipinski definition) is 7. The lowest BCUT2D eigenvalue weighted by atomic mass is 10.0. The van der Waals surface area contributed by atoms with Crippen LogP contribution in [0.2, 0.25) is 29.7 Å². The average molecular weight is 859 g/mol. The molecule has 60 heavy (non-hydrogen) atoms. The molecule has 0 saturated heterocycles. The van der Waals surface area contributed by atoms with Crippen LogP contribution in [0.15, 0.2) is 140 Å². The molecule has 0 bridgehead atoms. The fraction of sp³-hybridized carbons (Fsp3) is 0.340. The summed E-state index contributed by atoms with van der Waals surface area (Å²) in [5, 5.41) is 17.3. The van der Waals surface area contributed by atoms with Crippen molar-refractivity contribution in [3.05, 3.63) is 145 Å². The first-order chi connectivity index (χ1) is 28.3. The second kappa shape index (κ2) is 17.8. The van der Waals surface area contributed by atoms with Crippen molar-refractivity contribution in [1.29, 1.82) is 0 Å². The van der Waals surface area contributed by atoms with Crippen LogP contribution in [-0.2, 0) is 18.4 Å². The SMILES string of the molecule is COc1cc(C2=C[C@@H](O)[C@H](O[Si](c3ccccc3)(c3ccccc3)C(C)(C)C)[C@@H](CO[Si](c3ccccc3)(c3ccccc3)C(C)(C)C)O2)c(OC(C)=O)c([Si](C)(C)C)c1. The smallest absolute Gasteiger partial charge is 0.308 e. The van der Waals surface area contributed by atoms with Gasteiger partial charge >= 0.3 is 5.97 Å². The molecule has 6 rings (SSSR count). The highest BCUT2D eigenvalue weighted by atomic mass is 28.4. The van der Waals surface area contributed by atoms with Crippen molar-refractivity contribution >= 4 is 62.4 Å². The van der Waals surface area contributed by atoms with Crippen LogP contribution in [0.1, 0.15) is 54.0 Å². The van der Waals surface area contributed by atoms with E-state index in [9.17, 15) is 9.90 Å². The molecule has 5 aromatic rings. The Morgan fingerprint density at radius 3 is 1.50 bits per heavy atom. The third-order valence-electron chi connectivity index (χ3n) is 11.5. The quantitative estimate of drug-likeness (QED) is 0.0736. The number of hydrogen-bond donors (Lipinski definition) is 1. The van der Waals surface area contributed by atoms with Crippen LogP contribution >= 0.6 is 0 Å². The molecule has 1 aliphatic rings. The maximum Gasteiger partial charge on any atom is 0.308 e. The van der Waals surface area contributed by atoms with Gasteiger partial charge in [0.2, 0.25) is 0 Å². The van der Waals surface area contributed by atoms with E-state index in [1.807, 2.05) is 36.4 Å². The van der Waals surface area contributed by atoms with Gasteiger partial charge in [-0.05, 0) is 54.2 Å². The van der Waals surface area contributed by atoms with Gasteiger partial charge in [-0.25, -0.2) is 0 Å². The number of methoxy groups -OCH3 is 1. The molecule has 1 heterocycles. The normalized spacial score (nSPS) is 17.7. The molecule has 0 aromatic heterocycles. The van der Waals surface area contributed by atoms with E-state index >= 15 is 0 Å². The van der Waals surface area contributed by atoms with Gasteiger partial charge in [0.05, 0.1) is 27.4 Å². The molecule has 0 aliphatic carbocycles. The molecular weight excluding hydrogens is 797 g/mol. The number of aliphatic hydroxyl groups is 1. The molecule has 0 amide bonds. The Morgan fingerprint density at radius 1 is 0.683 bits per heavy atom. The maximum atomic E-state index is 12.8. The Hall–Kier alpha value is -4.56. The van der Waals surface area contributed by atoms with Gasteiger partial charge in [0.1, 0.15) is 35.6 Å². The minimum Gasteiger partial charge on any atom is -0.497 e. The molecule has 7 nitrogen and oxygen atoms in total. The highest BCUT2D eigenvalue weighted by molar-refractivity contribution is 7.00. The third-order valence-corrected chi connectivity index (χ3v) is 23.6. The van der Waals surface area contributed by atoms with Gasteiger partial charge in [0, 0.05) is 6.92 Å². The zero-order valence-electron chi connectivity index (χ0n) is 37.1. The molecule has 10 heteroatoms. The summed E-state index contributed by atoms with van der Waals surface area (Å²) in [5.41, 5.74) is 0.528. The van der Waals surface area contributed by atoms with E-state index in [1.165, 1.54) is 6.92 Å². The Balaban J connectivity index is 1.59. The van der Waals surface area contributed by atoms with Crippen molar-refractivity contribution in [3.63, 3.8) is 0 Å². The Bertz CT molecular complexity index is 2170. The van der Waals surface area contributed by atoms with Crippen LogP contribution in [0.5, 0.6) is 11.5 Å². The second-order valence-electron chi connectivity index (χ2n) is 18.8. The molecule has 0 spiro atoms. The molecule has 3 atom stereocenters. The number of ether oxygens (including phenoxy) is 3. The Morgan fingerprint density at radius 2 is 1.12 bits per heavy atom. The predicted octanol–water partition coefficient (Wildman–Crippen LogP) is 7.79. The van der Waals surface area contributed by atoms with Crippen LogP contribution < -0.4 is 35.4 Å². The molecule has 316 valence electrons. The third kappa shape index (κ3) is 8.91. The van der Waals surface area contributed by atoms with E-state index in [4.69, 9.17) is 23.1 Å². The first-order valence-corrected chi connectivity index (χ1v) is 28.2. The standard InChI is InChI=1S/C50H62O7Si3/c1-36(51)55-47-42(32-37(53-8)33-46(47)58(9,10)11)44-34-43(52)48(57-60(50(5,6)7,40-28-20-14-21-29-40)41-30-22-15-23-31-41)45(56-44)35-54-59(49(2,3)4,38-24-16-12-17-25-38)39-26-18-13-19-27-39/h12-34,43,45,48,52H,35H2,1-11H3/t43-,45-,48+/m1/s1. The van der Waals surface area contributed by atoms with Crippen LogP contribution in [0.4, 0.5) is 0 Å². The summed E-state index contributed by atoms with van der Waals surface area (Å²) in [6, 6.07) is 45.7. The largest absolute Gasteiger partial charge is 0.497 e. The monoisotopic (exact) mass is 858 g/mol. The zero-order chi connectivity index (χ0) is 43.5. The molecule has 0 fully saturated rings. The lowest BCUT2D eigenvalue weighted by Gasteiger charge is -2.49. The van der Waals surface area contributed by atoms with Gasteiger partial charge in [-0.2, -0.15) is 0 Å². The second-order valence-corrected chi connectivity index (χ2v) is 32.4. The van der Waals surface area contributed by atoms with Crippen LogP contribution in [0, 0.1) is 0 Å². The van der Waals surface area contributed by atoms with Crippen molar-refractivity contribution in [2.24, 2.45) is 0 Å². The van der Waals surface area contributed by atoms with Crippen molar-refractivity contribution in [2.45, 2.75) is 96.5 Å². The van der Waals surface area contributed by atoms with Crippen LogP contribution in [0.25, 0.3) is 5.76 Å². The first-order valence-electron chi connectivity index (χ1n) is 20.8. The highest BCUT2D eigenvalue weighted by Gasteiger charge is 2.56. The zero-order valence-corrected chi connectivity index (χ0v) is 40.1. The fourth-order valence-electron chi connectivity index (χ4n) is 8.75. The number of aliphatic hydroxyl groups excluding tert-OH is 1. The van der Waals surface area contributed by atoms with E-state index in [-0.39, 0.29) is 16.7 Å². The Labute approximate surface area is 360 Å². The summed E-state index contributed by atoms with van der Waals surface area (Å²) < 4.78 is 34.5. The number of carbonyl (C=O) groups is 1. The first kappa shape index (κ1) is 45.0. The summed E-state index contributed by atoms with van der Waals surface area (Å²) in [6.07, 6.45) is -1.11. The van der Waals surface area contributed by atoms with Crippen molar-refractivity contribution in [1.82, 2.24) is 0 Å². The van der Waals surface area contributed by atoms with Gasteiger partial charge < -0.3 is 28.2 Å². The Kier molecular flexibility index (Phi) is 13.3. The summed E-state index contributed by atoms with van der Waals surface area (Å²) in [5.74, 6) is 0.940. The van der Waals surface area contributed by atoms with Gasteiger partial charge in [-0.3, -0.25) is 4.79 Å². The van der Waals surface area contributed by atoms with Gasteiger partial charge in [0.15, 0.2) is 0 Å². The maximum absolute atomic E-state index is 12.8. The van der Waals surface area contributed by atoms with E-state index < -0.39 is 49.0 Å². The number of esters is 1. The minimum atomic E-state index is -3.24. The molecular formula is C50H62O7Si3. The lowest BCUT2D eigenvalue weighted by Crippen LogP contribution is -2.70. The van der Waals surface area contributed by atoms with Crippen molar-refractivity contribution in [2.75, 3.05) is 13.7 Å². The minimum absolute atomic E-state index is 0.0955. The molecule has 0 radical (unpaired) electrons. The van der Waals surface area contributed by atoms with E-state index in [0.717, 1.165) is 25.9 Å². The van der Waals surface area contributed by atoms with E-state index in [0.29, 0.717) is 22.8 Å². The predicted molar refractivity (Wildman–Crippen MR) is 252 cm³/mol. The molecule has 0 unspecified atom stereocenters. The van der Waals surface area contributed by atoms with E-state index in [2.05, 4.69) is 158 Å². The number of benzene rings is 5.